The second-order valence-corrected chi connectivity index (χ2v) is 10.3. The summed E-state index contributed by atoms with van der Waals surface area (Å²) in [6.45, 7) is 14.2. The van der Waals surface area contributed by atoms with Crippen molar-refractivity contribution in [1.82, 2.24) is 10.3 Å². The third kappa shape index (κ3) is 5.02. The number of hydrogen-bond donors (Lipinski definition) is 2. The number of carbonyl (C=O) groups is 2. The van der Waals surface area contributed by atoms with Crippen LogP contribution in [0.2, 0.25) is 0 Å². The molecule has 2 heterocycles. The highest BCUT2D eigenvalue weighted by atomic mass is 16.2. The summed E-state index contributed by atoms with van der Waals surface area (Å²) >= 11 is 0. The number of amides is 1. The van der Waals surface area contributed by atoms with Gasteiger partial charge in [0.1, 0.15) is 5.82 Å². The monoisotopic (exact) mass is 472 g/mol. The molecule has 0 fully saturated rings. The number of nitrogens with one attached hydrogen (secondary N) is 2. The number of rotatable bonds is 6. The molecule has 0 saturated carbocycles. The normalized spacial score (nSPS) is 19.3. The van der Waals surface area contributed by atoms with Gasteiger partial charge in [-0.2, -0.15) is 0 Å². The van der Waals surface area contributed by atoms with Crippen molar-refractivity contribution in [3.63, 3.8) is 0 Å². The summed E-state index contributed by atoms with van der Waals surface area (Å²) in [4.78, 5) is 33.9. The molecule has 0 radical (unpaired) electrons. The Morgan fingerprint density at radius 1 is 1.09 bits per heavy atom. The highest BCUT2D eigenvalue weighted by Gasteiger charge is 2.42. The van der Waals surface area contributed by atoms with Crippen molar-refractivity contribution in [2.45, 2.75) is 60.3 Å². The molecular weight excluding hydrogens is 436 g/mol. The first-order valence-corrected chi connectivity index (χ1v) is 12.5. The number of dihydropyridines is 1. The Morgan fingerprint density at radius 2 is 1.77 bits per heavy atom. The zero-order valence-corrected chi connectivity index (χ0v) is 21.7. The molecule has 6 nitrogen and oxygen atoms in total. The molecule has 184 valence electrons. The molecule has 1 aromatic heterocycles. The van der Waals surface area contributed by atoms with E-state index in [0.717, 1.165) is 47.8 Å². The van der Waals surface area contributed by atoms with Gasteiger partial charge in [0.2, 0.25) is 0 Å². The Labute approximate surface area is 208 Å². The predicted molar refractivity (Wildman–Crippen MR) is 141 cm³/mol. The van der Waals surface area contributed by atoms with Crippen LogP contribution in [0.3, 0.4) is 0 Å². The smallest absolute Gasteiger partial charge is 0.255 e. The first-order chi connectivity index (χ1) is 16.6. The fraction of sp³-hybridized carbons (Fsp3) is 0.414. The Hall–Kier alpha value is -3.41. The molecule has 4 rings (SSSR count). The topological polar surface area (TPSA) is 74.3 Å². The summed E-state index contributed by atoms with van der Waals surface area (Å²) < 4.78 is 0. The van der Waals surface area contributed by atoms with Crippen LogP contribution in [0, 0.1) is 12.3 Å². The van der Waals surface area contributed by atoms with Crippen molar-refractivity contribution in [3.8, 4) is 0 Å². The summed E-state index contributed by atoms with van der Waals surface area (Å²) in [5.41, 5.74) is 5.78. The summed E-state index contributed by atoms with van der Waals surface area (Å²) in [7, 11) is 0. The molecule has 2 aliphatic rings. The van der Waals surface area contributed by atoms with Gasteiger partial charge in [-0.25, -0.2) is 4.98 Å². The number of hydrogen-bond acceptors (Lipinski definition) is 5. The van der Waals surface area contributed by atoms with Crippen molar-refractivity contribution < 1.29 is 9.59 Å². The molecule has 1 atom stereocenters. The van der Waals surface area contributed by atoms with Gasteiger partial charge in [0.25, 0.3) is 5.91 Å². The maximum atomic E-state index is 13.7. The summed E-state index contributed by atoms with van der Waals surface area (Å²) in [6, 6.07) is 13.9. The quantitative estimate of drug-likeness (QED) is 0.582. The Balaban J connectivity index is 1.79. The molecule has 1 aliphatic heterocycles. The standard InChI is InChI=1S/C29H36N4O2/c1-7-33(8-2)21-14-12-20(13-15-21)26-25(28(35)32-24-11-9-10-18(3)30-24)19(4)31-22-16-29(5,6)17-23(34)27(22)26/h9-15,26,31H,7-8,16-17H2,1-6H3,(H,30,32,35). The van der Waals surface area contributed by atoms with Crippen LogP contribution in [0.5, 0.6) is 0 Å². The molecule has 1 aromatic carbocycles. The van der Waals surface area contributed by atoms with Crippen LogP contribution in [0.1, 0.15) is 64.6 Å². The summed E-state index contributed by atoms with van der Waals surface area (Å²) in [6.07, 6.45) is 1.24. The van der Waals surface area contributed by atoms with E-state index >= 15 is 0 Å². The lowest BCUT2D eigenvalue weighted by Gasteiger charge is -2.39. The Bertz CT molecular complexity index is 1200. The van der Waals surface area contributed by atoms with Gasteiger partial charge in [-0.05, 0) is 69.4 Å². The number of nitrogens with zero attached hydrogens (tertiary/aromatic N) is 2. The third-order valence-electron chi connectivity index (χ3n) is 6.97. The second-order valence-electron chi connectivity index (χ2n) is 10.3. The lowest BCUT2D eigenvalue weighted by molar-refractivity contribution is -0.118. The number of aryl methyl sites for hydroxylation is 1. The predicted octanol–water partition coefficient (Wildman–Crippen LogP) is 5.48. The summed E-state index contributed by atoms with van der Waals surface area (Å²) in [5, 5.41) is 6.40. The summed E-state index contributed by atoms with van der Waals surface area (Å²) in [5.74, 6) is -0.0598. The highest BCUT2D eigenvalue weighted by molar-refractivity contribution is 6.09. The number of carbonyl (C=O) groups excluding carboxylic acids is 2. The average molecular weight is 473 g/mol. The van der Waals surface area contributed by atoms with Crippen LogP contribution in [0.15, 0.2) is 65.0 Å². The van der Waals surface area contributed by atoms with Gasteiger partial charge in [0, 0.05) is 59.3 Å². The van der Waals surface area contributed by atoms with Crippen LogP contribution in [-0.4, -0.2) is 29.8 Å². The Kier molecular flexibility index (Phi) is 6.84. The van der Waals surface area contributed by atoms with E-state index in [2.05, 4.69) is 72.5 Å². The van der Waals surface area contributed by atoms with Gasteiger partial charge in [-0.15, -0.1) is 0 Å². The van der Waals surface area contributed by atoms with Crippen LogP contribution in [0.4, 0.5) is 11.5 Å². The molecule has 35 heavy (non-hydrogen) atoms. The van der Waals surface area contributed by atoms with Crippen molar-refractivity contribution in [3.05, 3.63) is 76.3 Å². The van der Waals surface area contributed by atoms with E-state index in [1.165, 1.54) is 0 Å². The van der Waals surface area contributed by atoms with Gasteiger partial charge < -0.3 is 15.5 Å². The van der Waals surface area contributed by atoms with Gasteiger partial charge >= 0.3 is 0 Å². The van der Waals surface area contributed by atoms with E-state index in [-0.39, 0.29) is 17.1 Å². The molecule has 0 saturated heterocycles. The first-order valence-electron chi connectivity index (χ1n) is 12.5. The van der Waals surface area contributed by atoms with Gasteiger partial charge in [0.05, 0.1) is 0 Å². The molecule has 6 heteroatoms. The molecule has 1 unspecified atom stereocenters. The molecule has 0 spiro atoms. The zero-order chi connectivity index (χ0) is 25.3. The zero-order valence-electron chi connectivity index (χ0n) is 21.7. The number of Topliss-reactive ketones (excluding diaryl/α,β-unsaturated/α-hetero) is 1. The van der Waals surface area contributed by atoms with Crippen LogP contribution in [0.25, 0.3) is 0 Å². The second kappa shape index (κ2) is 9.68. The number of pyridine rings is 1. The first kappa shape index (κ1) is 24.7. The molecule has 1 amide bonds. The van der Waals surface area contributed by atoms with E-state index in [9.17, 15) is 9.59 Å². The maximum absolute atomic E-state index is 13.7. The highest BCUT2D eigenvalue weighted by Crippen LogP contribution is 2.46. The number of benzene rings is 1. The number of aromatic nitrogens is 1. The van der Waals surface area contributed by atoms with E-state index < -0.39 is 5.92 Å². The van der Waals surface area contributed by atoms with E-state index in [4.69, 9.17) is 0 Å². The van der Waals surface area contributed by atoms with Crippen molar-refractivity contribution in [2.75, 3.05) is 23.3 Å². The third-order valence-corrected chi connectivity index (χ3v) is 6.97. The average Bonchev–Trinajstić information content (AvgIpc) is 2.78. The molecule has 2 aromatic rings. The molecule has 1 aliphatic carbocycles. The minimum Gasteiger partial charge on any atom is -0.372 e. The molecule has 2 N–H and O–H groups in total. The SMILES string of the molecule is CCN(CC)c1ccc(C2C(C(=O)Nc3cccc(C)n3)=C(C)NC3=C2C(=O)CC(C)(C)C3)cc1. The number of allylic oxidation sites excluding steroid dienone is 3. The largest absolute Gasteiger partial charge is 0.372 e. The minimum absolute atomic E-state index is 0.105. The molecular formula is C29H36N4O2. The van der Waals surface area contributed by atoms with E-state index in [1.807, 2.05) is 26.0 Å². The van der Waals surface area contributed by atoms with Crippen LogP contribution in [-0.2, 0) is 9.59 Å². The van der Waals surface area contributed by atoms with Gasteiger partial charge in [0.15, 0.2) is 5.78 Å². The lowest BCUT2D eigenvalue weighted by Crippen LogP contribution is -2.39. The fourth-order valence-corrected chi connectivity index (χ4v) is 5.33. The van der Waals surface area contributed by atoms with E-state index in [1.54, 1.807) is 6.07 Å². The minimum atomic E-state index is -0.426. The van der Waals surface area contributed by atoms with Crippen LogP contribution < -0.4 is 15.5 Å². The van der Waals surface area contributed by atoms with Crippen molar-refractivity contribution in [2.24, 2.45) is 5.41 Å². The van der Waals surface area contributed by atoms with Crippen LogP contribution >= 0.6 is 0 Å². The van der Waals surface area contributed by atoms with Gasteiger partial charge in [-0.1, -0.05) is 32.0 Å². The number of ketones is 1. The van der Waals surface area contributed by atoms with Crippen molar-refractivity contribution >= 4 is 23.2 Å². The fourth-order valence-electron chi connectivity index (χ4n) is 5.33. The Morgan fingerprint density at radius 3 is 2.40 bits per heavy atom. The van der Waals surface area contributed by atoms with E-state index in [0.29, 0.717) is 23.4 Å². The maximum Gasteiger partial charge on any atom is 0.255 e. The number of anilines is 2. The van der Waals surface area contributed by atoms with Crippen molar-refractivity contribution in [1.29, 1.82) is 0 Å². The lowest BCUT2D eigenvalue weighted by atomic mass is 9.68. The van der Waals surface area contributed by atoms with Gasteiger partial charge in [-0.3, -0.25) is 9.59 Å². The molecule has 0 bridgehead atoms.